The fraction of sp³-hybridized carbons (Fsp3) is 0.588. The monoisotopic (exact) mass is 254 g/mol. The molecule has 0 aliphatic heterocycles. The van der Waals surface area contributed by atoms with Crippen LogP contribution in [0, 0.1) is 36.0 Å². The first kappa shape index (κ1) is 12.5. The Bertz CT molecular complexity index is 514. The molecule has 2 nitrogen and oxygen atoms in total. The predicted octanol–water partition coefficient (Wildman–Crippen LogP) is 3.74. The van der Waals surface area contributed by atoms with Gasteiger partial charge < -0.3 is 4.90 Å². The van der Waals surface area contributed by atoms with Gasteiger partial charge in [-0.2, -0.15) is 5.26 Å². The fourth-order valence-electron chi connectivity index (χ4n) is 4.12. The van der Waals surface area contributed by atoms with Crippen LogP contribution in [0.3, 0.4) is 0 Å². The third-order valence-corrected chi connectivity index (χ3v) is 5.08. The fourth-order valence-corrected chi connectivity index (χ4v) is 4.12. The molecule has 2 fully saturated rings. The van der Waals surface area contributed by atoms with E-state index in [0.29, 0.717) is 0 Å². The van der Waals surface area contributed by atoms with Crippen LogP contribution in [0.2, 0.25) is 0 Å². The first-order valence-corrected chi connectivity index (χ1v) is 7.39. The largest absolute Gasteiger partial charge is 0.373 e. The standard InChI is InChI=1S/C17H22N2/c1-12-3-6-17(15(7-12)10-18)19(2)11-16-9-13-4-5-14(16)8-13/h3,6-7,13-14,16H,4-5,8-9,11H2,1-2H3. The highest BCUT2D eigenvalue weighted by molar-refractivity contribution is 5.60. The van der Waals surface area contributed by atoms with E-state index >= 15 is 0 Å². The summed E-state index contributed by atoms with van der Waals surface area (Å²) in [5.74, 6) is 2.79. The maximum atomic E-state index is 9.28. The molecule has 0 saturated heterocycles. The summed E-state index contributed by atoms with van der Waals surface area (Å²) in [4.78, 5) is 2.30. The molecule has 1 aromatic rings. The third kappa shape index (κ3) is 2.34. The lowest BCUT2D eigenvalue weighted by Gasteiger charge is -2.29. The van der Waals surface area contributed by atoms with Gasteiger partial charge >= 0.3 is 0 Å². The van der Waals surface area contributed by atoms with Gasteiger partial charge in [0.2, 0.25) is 0 Å². The highest BCUT2D eigenvalue weighted by Crippen LogP contribution is 2.48. The molecule has 1 aromatic carbocycles. The molecule has 3 atom stereocenters. The van der Waals surface area contributed by atoms with E-state index in [1.165, 1.54) is 25.7 Å². The van der Waals surface area contributed by atoms with Gasteiger partial charge in [0.15, 0.2) is 0 Å². The number of rotatable bonds is 3. The maximum absolute atomic E-state index is 9.28. The number of anilines is 1. The first-order chi connectivity index (χ1) is 9.17. The van der Waals surface area contributed by atoms with Crippen molar-refractivity contribution in [3.8, 4) is 6.07 Å². The molecule has 2 saturated carbocycles. The number of fused-ring (bicyclic) bond motifs is 2. The molecule has 2 heteroatoms. The Morgan fingerprint density at radius 2 is 2.16 bits per heavy atom. The topological polar surface area (TPSA) is 27.0 Å². The first-order valence-electron chi connectivity index (χ1n) is 7.39. The Hall–Kier alpha value is -1.49. The van der Waals surface area contributed by atoms with Crippen LogP contribution in [0.25, 0.3) is 0 Å². The zero-order valence-electron chi connectivity index (χ0n) is 11.9. The van der Waals surface area contributed by atoms with Gasteiger partial charge in [-0.25, -0.2) is 0 Å². The molecule has 0 aromatic heterocycles. The predicted molar refractivity (Wildman–Crippen MR) is 78.1 cm³/mol. The molecule has 0 spiro atoms. The van der Waals surface area contributed by atoms with Gasteiger partial charge in [-0.3, -0.25) is 0 Å². The van der Waals surface area contributed by atoms with Crippen molar-refractivity contribution in [2.24, 2.45) is 17.8 Å². The highest BCUT2D eigenvalue weighted by Gasteiger charge is 2.39. The summed E-state index contributed by atoms with van der Waals surface area (Å²) in [6.45, 7) is 3.15. The number of hydrogen-bond donors (Lipinski definition) is 0. The zero-order chi connectivity index (χ0) is 13.4. The lowest BCUT2D eigenvalue weighted by Crippen LogP contribution is -2.29. The van der Waals surface area contributed by atoms with Crippen LogP contribution < -0.4 is 4.90 Å². The van der Waals surface area contributed by atoms with Gasteiger partial charge in [0.25, 0.3) is 0 Å². The number of aryl methyl sites for hydroxylation is 1. The molecule has 3 unspecified atom stereocenters. The van der Waals surface area contributed by atoms with Crippen molar-refractivity contribution in [1.82, 2.24) is 0 Å². The molecule has 2 bridgehead atoms. The van der Waals surface area contributed by atoms with Crippen molar-refractivity contribution in [2.45, 2.75) is 32.6 Å². The van der Waals surface area contributed by atoms with E-state index in [2.05, 4.69) is 30.1 Å². The summed E-state index contributed by atoms with van der Waals surface area (Å²) in [5, 5.41) is 9.28. The SMILES string of the molecule is Cc1ccc(N(C)CC2CC3CCC2C3)c(C#N)c1. The average molecular weight is 254 g/mol. The Balaban J connectivity index is 1.74. The lowest BCUT2D eigenvalue weighted by molar-refractivity contribution is 0.337. The molecule has 0 heterocycles. The van der Waals surface area contributed by atoms with Crippen LogP contribution in [-0.4, -0.2) is 13.6 Å². The normalized spacial score (nSPS) is 28.4. The van der Waals surface area contributed by atoms with Crippen molar-refractivity contribution in [2.75, 3.05) is 18.5 Å². The van der Waals surface area contributed by atoms with Crippen molar-refractivity contribution in [1.29, 1.82) is 5.26 Å². The van der Waals surface area contributed by atoms with E-state index in [1.807, 2.05) is 13.0 Å². The van der Waals surface area contributed by atoms with Crippen LogP contribution in [0.15, 0.2) is 18.2 Å². The minimum Gasteiger partial charge on any atom is -0.373 e. The Kier molecular flexibility index (Phi) is 3.22. The van der Waals surface area contributed by atoms with Gasteiger partial charge in [0, 0.05) is 13.6 Å². The molecule has 100 valence electrons. The molecule has 0 radical (unpaired) electrons. The molecule has 2 aliphatic rings. The summed E-state index contributed by atoms with van der Waals surface area (Å²) in [7, 11) is 2.14. The van der Waals surface area contributed by atoms with Crippen LogP contribution in [-0.2, 0) is 0 Å². The van der Waals surface area contributed by atoms with E-state index < -0.39 is 0 Å². The van der Waals surface area contributed by atoms with E-state index in [9.17, 15) is 5.26 Å². The van der Waals surface area contributed by atoms with E-state index in [0.717, 1.165) is 41.1 Å². The molecule has 0 N–H and O–H groups in total. The molecule has 19 heavy (non-hydrogen) atoms. The minimum absolute atomic E-state index is 0.811. The molecule has 0 amide bonds. The van der Waals surface area contributed by atoms with Crippen molar-refractivity contribution >= 4 is 5.69 Å². The lowest BCUT2D eigenvalue weighted by atomic mass is 9.88. The van der Waals surface area contributed by atoms with Gasteiger partial charge in [0.05, 0.1) is 11.3 Å². The summed E-state index contributed by atoms with van der Waals surface area (Å²) in [6, 6.07) is 8.53. The second-order valence-corrected chi connectivity index (χ2v) is 6.45. The van der Waals surface area contributed by atoms with Crippen molar-refractivity contribution in [3.05, 3.63) is 29.3 Å². The summed E-state index contributed by atoms with van der Waals surface area (Å²) in [6.07, 6.45) is 5.75. The van der Waals surface area contributed by atoms with Crippen LogP contribution >= 0.6 is 0 Å². The molecular formula is C17H22N2. The highest BCUT2D eigenvalue weighted by atomic mass is 15.1. The van der Waals surface area contributed by atoms with Crippen molar-refractivity contribution < 1.29 is 0 Å². The molecule has 2 aliphatic carbocycles. The smallest absolute Gasteiger partial charge is 0.101 e. The van der Waals surface area contributed by atoms with Crippen molar-refractivity contribution in [3.63, 3.8) is 0 Å². The Morgan fingerprint density at radius 1 is 1.32 bits per heavy atom. The summed E-state index contributed by atoms with van der Waals surface area (Å²) < 4.78 is 0. The molecular weight excluding hydrogens is 232 g/mol. The third-order valence-electron chi connectivity index (χ3n) is 5.08. The number of nitrogens with zero attached hydrogens (tertiary/aromatic N) is 2. The summed E-state index contributed by atoms with van der Waals surface area (Å²) in [5.41, 5.74) is 3.06. The number of nitriles is 1. The van der Waals surface area contributed by atoms with Crippen LogP contribution in [0.4, 0.5) is 5.69 Å². The number of hydrogen-bond acceptors (Lipinski definition) is 2. The van der Waals surface area contributed by atoms with Gasteiger partial charge in [-0.1, -0.05) is 12.5 Å². The summed E-state index contributed by atoms with van der Waals surface area (Å²) >= 11 is 0. The van der Waals surface area contributed by atoms with Gasteiger partial charge in [-0.15, -0.1) is 0 Å². The van der Waals surface area contributed by atoms with E-state index in [1.54, 1.807) is 0 Å². The van der Waals surface area contributed by atoms with Gasteiger partial charge in [0.1, 0.15) is 6.07 Å². The maximum Gasteiger partial charge on any atom is 0.101 e. The van der Waals surface area contributed by atoms with E-state index in [-0.39, 0.29) is 0 Å². The van der Waals surface area contributed by atoms with E-state index in [4.69, 9.17) is 0 Å². The number of benzene rings is 1. The molecule has 3 rings (SSSR count). The second-order valence-electron chi connectivity index (χ2n) is 6.45. The van der Waals surface area contributed by atoms with Crippen LogP contribution in [0.5, 0.6) is 0 Å². The second kappa shape index (κ2) is 4.89. The average Bonchev–Trinajstić information content (AvgIpc) is 3.00. The van der Waals surface area contributed by atoms with Gasteiger partial charge in [-0.05, 0) is 61.6 Å². The zero-order valence-corrected chi connectivity index (χ0v) is 11.9. The Labute approximate surface area is 116 Å². The van der Waals surface area contributed by atoms with Crippen LogP contribution in [0.1, 0.15) is 36.8 Å². The quantitative estimate of drug-likeness (QED) is 0.821. The minimum atomic E-state index is 0.811. The Morgan fingerprint density at radius 3 is 2.79 bits per heavy atom.